The molecule has 0 atom stereocenters. The first-order valence-electron chi connectivity index (χ1n) is 6.23. The van der Waals surface area contributed by atoms with Crippen molar-refractivity contribution < 1.29 is 0 Å². The predicted octanol–water partition coefficient (Wildman–Crippen LogP) is 4.34. The van der Waals surface area contributed by atoms with Crippen molar-refractivity contribution in [2.75, 3.05) is 0 Å². The van der Waals surface area contributed by atoms with Gasteiger partial charge < -0.3 is 4.57 Å². The Morgan fingerprint density at radius 2 is 1.95 bits per heavy atom. The van der Waals surface area contributed by atoms with Crippen LogP contribution in [0.4, 0.5) is 0 Å². The van der Waals surface area contributed by atoms with Crippen LogP contribution in [-0.2, 0) is 6.54 Å². The van der Waals surface area contributed by atoms with Gasteiger partial charge in [0.25, 0.3) is 0 Å². The molecule has 0 saturated heterocycles. The molecule has 0 unspecified atom stereocenters. The maximum atomic E-state index is 4.79. The molecule has 0 aliphatic carbocycles. The Morgan fingerprint density at radius 3 is 2.84 bits per heavy atom. The van der Waals surface area contributed by atoms with E-state index in [1.807, 2.05) is 12.1 Å². The molecule has 92 valence electrons. The van der Waals surface area contributed by atoms with Crippen LogP contribution in [0.1, 0.15) is 5.56 Å². The molecule has 3 aromatic rings. The van der Waals surface area contributed by atoms with Crippen LogP contribution in [0, 0.1) is 0 Å². The van der Waals surface area contributed by atoms with Crippen molar-refractivity contribution >= 4 is 15.9 Å². The van der Waals surface area contributed by atoms with Crippen molar-refractivity contribution in [1.82, 2.24) is 9.55 Å². The van der Waals surface area contributed by atoms with Gasteiger partial charge in [0, 0.05) is 28.3 Å². The quantitative estimate of drug-likeness (QED) is 0.511. The van der Waals surface area contributed by atoms with Gasteiger partial charge >= 0.3 is 0 Å². The highest BCUT2D eigenvalue weighted by Gasteiger charge is 2.20. The minimum absolute atomic E-state index is 0.923. The smallest absolute Gasteiger partial charge is 0.141 e. The fourth-order valence-electron chi connectivity index (χ4n) is 2.60. The number of nitrogens with zero attached hydrogens (tertiary/aromatic N) is 2. The highest BCUT2D eigenvalue weighted by Crippen LogP contribution is 2.33. The Labute approximate surface area is 119 Å². The lowest BCUT2D eigenvalue weighted by Gasteiger charge is -1.99. The van der Waals surface area contributed by atoms with Crippen LogP contribution >= 0.6 is 15.9 Å². The van der Waals surface area contributed by atoms with Crippen LogP contribution in [0.25, 0.3) is 22.6 Å². The number of rotatable bonds is 1. The topological polar surface area (TPSA) is 17.8 Å². The molecule has 0 N–H and O–H groups in total. The van der Waals surface area contributed by atoms with Crippen LogP contribution in [0.2, 0.25) is 0 Å². The second-order valence-corrected chi connectivity index (χ2v) is 5.66. The van der Waals surface area contributed by atoms with E-state index >= 15 is 0 Å². The van der Waals surface area contributed by atoms with Crippen LogP contribution in [0.5, 0.6) is 0 Å². The van der Waals surface area contributed by atoms with Gasteiger partial charge in [0.15, 0.2) is 0 Å². The summed E-state index contributed by atoms with van der Waals surface area (Å²) in [6.45, 7) is 0.923. The fourth-order valence-corrected chi connectivity index (χ4v) is 3.00. The average molecular weight is 311 g/mol. The molecule has 1 aliphatic heterocycles. The average Bonchev–Trinajstić information content (AvgIpc) is 2.96. The van der Waals surface area contributed by atoms with Crippen molar-refractivity contribution in [3.63, 3.8) is 0 Å². The number of halogens is 1. The van der Waals surface area contributed by atoms with Crippen molar-refractivity contribution in [3.8, 4) is 22.6 Å². The fraction of sp³-hybridized carbons (Fsp3) is 0.0625. The molecule has 0 spiro atoms. The Kier molecular flexibility index (Phi) is 2.35. The van der Waals surface area contributed by atoms with E-state index in [1.54, 1.807) is 0 Å². The number of fused-ring (bicyclic) bond motifs is 3. The Bertz CT molecular complexity index is 774. The van der Waals surface area contributed by atoms with Crippen molar-refractivity contribution in [2.24, 2.45) is 0 Å². The number of hydrogen-bond donors (Lipinski definition) is 0. The second kappa shape index (κ2) is 4.07. The lowest BCUT2D eigenvalue weighted by atomic mass is 10.1. The molecule has 0 amide bonds. The van der Waals surface area contributed by atoms with Gasteiger partial charge in [-0.1, -0.05) is 52.3 Å². The minimum Gasteiger partial charge on any atom is -0.326 e. The van der Waals surface area contributed by atoms with E-state index in [4.69, 9.17) is 4.98 Å². The molecule has 3 heteroatoms. The van der Waals surface area contributed by atoms with Gasteiger partial charge in [-0.3, -0.25) is 0 Å². The summed E-state index contributed by atoms with van der Waals surface area (Å²) in [4.78, 5) is 4.79. The van der Waals surface area contributed by atoms with Gasteiger partial charge in [-0.15, -0.1) is 0 Å². The zero-order chi connectivity index (χ0) is 12.8. The van der Waals surface area contributed by atoms with Gasteiger partial charge in [0.1, 0.15) is 5.82 Å². The van der Waals surface area contributed by atoms with Crippen LogP contribution < -0.4 is 0 Å². The predicted molar refractivity (Wildman–Crippen MR) is 79.9 cm³/mol. The molecule has 1 aliphatic rings. The SMILES string of the molecule is Brc1cccc(-c2cn3c(n2)-c2ccccc2C3)c1. The number of aromatic nitrogens is 2. The van der Waals surface area contributed by atoms with Crippen LogP contribution in [0.15, 0.2) is 59.2 Å². The summed E-state index contributed by atoms with van der Waals surface area (Å²) < 4.78 is 3.31. The van der Waals surface area contributed by atoms with E-state index in [0.29, 0.717) is 0 Å². The summed E-state index contributed by atoms with van der Waals surface area (Å²) in [5, 5.41) is 0. The van der Waals surface area contributed by atoms with E-state index < -0.39 is 0 Å². The van der Waals surface area contributed by atoms with E-state index in [9.17, 15) is 0 Å². The largest absolute Gasteiger partial charge is 0.326 e. The third kappa shape index (κ3) is 1.73. The first kappa shape index (κ1) is 11.0. The summed E-state index contributed by atoms with van der Waals surface area (Å²) in [5.41, 5.74) is 4.79. The molecular weight excluding hydrogens is 300 g/mol. The van der Waals surface area contributed by atoms with E-state index in [1.165, 1.54) is 11.1 Å². The van der Waals surface area contributed by atoms with Crippen molar-refractivity contribution in [1.29, 1.82) is 0 Å². The third-order valence-electron chi connectivity index (χ3n) is 3.50. The molecule has 19 heavy (non-hydrogen) atoms. The molecular formula is C16H11BrN2. The van der Waals surface area contributed by atoms with Gasteiger partial charge in [-0.25, -0.2) is 4.98 Å². The number of hydrogen-bond acceptors (Lipinski definition) is 1. The summed E-state index contributed by atoms with van der Waals surface area (Å²) in [6.07, 6.45) is 2.14. The zero-order valence-corrected chi connectivity index (χ0v) is 11.8. The lowest BCUT2D eigenvalue weighted by Crippen LogP contribution is -1.89. The standard InChI is InChI=1S/C16H11BrN2/c17-13-6-3-5-11(8-13)15-10-19-9-12-4-1-2-7-14(12)16(19)18-15/h1-8,10H,9H2. The lowest BCUT2D eigenvalue weighted by molar-refractivity contribution is 0.848. The zero-order valence-electron chi connectivity index (χ0n) is 10.2. The van der Waals surface area contributed by atoms with Gasteiger partial charge in [0.2, 0.25) is 0 Å². The van der Waals surface area contributed by atoms with Gasteiger partial charge in [-0.2, -0.15) is 0 Å². The molecule has 0 bridgehead atoms. The summed E-state index contributed by atoms with van der Waals surface area (Å²) >= 11 is 3.51. The third-order valence-corrected chi connectivity index (χ3v) is 3.99. The van der Waals surface area contributed by atoms with Gasteiger partial charge in [-0.05, 0) is 17.7 Å². The Balaban J connectivity index is 1.85. The molecule has 2 aromatic carbocycles. The molecule has 0 fully saturated rings. The monoisotopic (exact) mass is 310 g/mol. The maximum absolute atomic E-state index is 4.79. The normalized spacial score (nSPS) is 12.3. The molecule has 0 saturated carbocycles. The first-order chi connectivity index (χ1) is 9.31. The van der Waals surface area contributed by atoms with Crippen molar-refractivity contribution in [3.05, 3.63) is 64.8 Å². The minimum atomic E-state index is 0.923. The summed E-state index contributed by atoms with van der Waals surface area (Å²) in [6, 6.07) is 16.7. The summed E-state index contributed by atoms with van der Waals surface area (Å²) in [5.74, 6) is 1.07. The molecule has 4 rings (SSSR count). The first-order valence-corrected chi connectivity index (χ1v) is 7.02. The van der Waals surface area contributed by atoms with E-state index in [-0.39, 0.29) is 0 Å². The molecule has 2 nitrogen and oxygen atoms in total. The van der Waals surface area contributed by atoms with Gasteiger partial charge in [0.05, 0.1) is 5.69 Å². The summed E-state index contributed by atoms with van der Waals surface area (Å²) in [7, 11) is 0. The van der Waals surface area contributed by atoms with Crippen molar-refractivity contribution in [2.45, 2.75) is 6.54 Å². The second-order valence-electron chi connectivity index (χ2n) is 4.75. The molecule has 0 radical (unpaired) electrons. The maximum Gasteiger partial charge on any atom is 0.141 e. The molecule has 1 aromatic heterocycles. The van der Waals surface area contributed by atoms with Crippen LogP contribution in [0.3, 0.4) is 0 Å². The number of benzene rings is 2. The van der Waals surface area contributed by atoms with E-state index in [2.05, 4.69) is 63.1 Å². The highest BCUT2D eigenvalue weighted by atomic mass is 79.9. The molecule has 2 heterocycles. The Morgan fingerprint density at radius 1 is 1.05 bits per heavy atom. The Hall–Kier alpha value is -1.87. The highest BCUT2D eigenvalue weighted by molar-refractivity contribution is 9.10. The number of imidazole rings is 1. The van der Waals surface area contributed by atoms with E-state index in [0.717, 1.165) is 28.1 Å². The van der Waals surface area contributed by atoms with Crippen LogP contribution in [-0.4, -0.2) is 9.55 Å².